The lowest BCUT2D eigenvalue weighted by Crippen LogP contribution is -2.09. The minimum absolute atomic E-state index is 0.229. The summed E-state index contributed by atoms with van der Waals surface area (Å²) in [7, 11) is 0. The SMILES string of the molecule is Cc1cnncc1-c1nnccc1C(F)(F)F. The van der Waals surface area contributed by atoms with Crippen LogP contribution in [0.2, 0.25) is 0 Å². The Morgan fingerprint density at radius 2 is 1.76 bits per heavy atom. The fourth-order valence-corrected chi connectivity index (χ4v) is 1.39. The van der Waals surface area contributed by atoms with Crippen molar-refractivity contribution in [2.75, 3.05) is 0 Å². The first-order chi connectivity index (χ1) is 8.00. The maximum atomic E-state index is 12.8. The van der Waals surface area contributed by atoms with Crippen molar-refractivity contribution in [2.24, 2.45) is 0 Å². The molecule has 2 rings (SSSR count). The number of hydrogen-bond acceptors (Lipinski definition) is 4. The molecule has 2 heterocycles. The van der Waals surface area contributed by atoms with Crippen LogP contribution in [0.4, 0.5) is 13.2 Å². The Kier molecular flexibility index (Phi) is 2.74. The Morgan fingerprint density at radius 3 is 2.41 bits per heavy atom. The van der Waals surface area contributed by atoms with Gasteiger partial charge in [-0.15, -0.1) is 5.10 Å². The number of hydrogen-bond donors (Lipinski definition) is 0. The molecule has 0 fully saturated rings. The van der Waals surface area contributed by atoms with Crippen LogP contribution in [-0.4, -0.2) is 20.4 Å². The average Bonchev–Trinajstić information content (AvgIpc) is 2.28. The van der Waals surface area contributed by atoms with Crippen molar-refractivity contribution in [3.63, 3.8) is 0 Å². The molecular formula is C10H7F3N4. The molecule has 2 aromatic heterocycles. The van der Waals surface area contributed by atoms with Gasteiger partial charge >= 0.3 is 6.18 Å². The largest absolute Gasteiger partial charge is 0.418 e. The fourth-order valence-electron chi connectivity index (χ4n) is 1.39. The maximum Gasteiger partial charge on any atom is 0.418 e. The number of aryl methyl sites for hydroxylation is 1. The van der Waals surface area contributed by atoms with E-state index in [4.69, 9.17) is 0 Å². The highest BCUT2D eigenvalue weighted by atomic mass is 19.4. The van der Waals surface area contributed by atoms with Gasteiger partial charge in [0.25, 0.3) is 0 Å². The monoisotopic (exact) mass is 240 g/mol. The summed E-state index contributed by atoms with van der Waals surface area (Å²) in [6.07, 6.45) is -0.837. The molecule has 0 atom stereocenters. The first-order valence-electron chi connectivity index (χ1n) is 4.66. The molecule has 0 amide bonds. The van der Waals surface area contributed by atoms with Crippen LogP contribution in [0.25, 0.3) is 11.3 Å². The highest BCUT2D eigenvalue weighted by molar-refractivity contribution is 5.65. The second-order valence-electron chi connectivity index (χ2n) is 3.38. The minimum atomic E-state index is -4.47. The summed E-state index contributed by atoms with van der Waals surface area (Å²) in [4.78, 5) is 0. The topological polar surface area (TPSA) is 51.6 Å². The van der Waals surface area contributed by atoms with Gasteiger partial charge in [0.05, 0.1) is 24.2 Å². The Bertz CT molecular complexity index is 539. The highest BCUT2D eigenvalue weighted by Crippen LogP contribution is 2.35. The number of alkyl halides is 3. The lowest BCUT2D eigenvalue weighted by Gasteiger charge is -2.11. The van der Waals surface area contributed by atoms with E-state index in [0.29, 0.717) is 5.56 Å². The molecule has 0 aliphatic carbocycles. The molecule has 0 spiro atoms. The van der Waals surface area contributed by atoms with Gasteiger partial charge in [-0.3, -0.25) is 0 Å². The molecule has 88 valence electrons. The molecule has 0 saturated heterocycles. The van der Waals surface area contributed by atoms with Crippen LogP contribution in [0.15, 0.2) is 24.7 Å². The molecule has 0 unspecified atom stereocenters. The van der Waals surface area contributed by atoms with Crippen LogP contribution >= 0.6 is 0 Å². The average molecular weight is 240 g/mol. The van der Waals surface area contributed by atoms with E-state index >= 15 is 0 Å². The zero-order chi connectivity index (χ0) is 12.5. The first kappa shape index (κ1) is 11.4. The van der Waals surface area contributed by atoms with Crippen molar-refractivity contribution in [1.29, 1.82) is 0 Å². The van der Waals surface area contributed by atoms with Crippen molar-refractivity contribution in [3.8, 4) is 11.3 Å². The van der Waals surface area contributed by atoms with Crippen molar-refractivity contribution in [2.45, 2.75) is 13.1 Å². The third-order valence-electron chi connectivity index (χ3n) is 2.21. The predicted octanol–water partition coefficient (Wildman–Crippen LogP) is 2.26. The summed E-state index contributed by atoms with van der Waals surface area (Å²) in [6, 6.07) is 0.891. The minimum Gasteiger partial charge on any atom is -0.166 e. The summed E-state index contributed by atoms with van der Waals surface area (Å²) in [5.74, 6) is 0. The summed E-state index contributed by atoms with van der Waals surface area (Å²) >= 11 is 0. The lowest BCUT2D eigenvalue weighted by molar-refractivity contribution is -0.137. The van der Waals surface area contributed by atoms with Crippen molar-refractivity contribution < 1.29 is 13.2 Å². The van der Waals surface area contributed by atoms with E-state index in [1.54, 1.807) is 6.92 Å². The molecule has 0 aliphatic rings. The number of halogens is 3. The van der Waals surface area contributed by atoms with Crippen LogP contribution in [-0.2, 0) is 6.18 Å². The molecule has 0 bridgehead atoms. The van der Waals surface area contributed by atoms with Crippen LogP contribution < -0.4 is 0 Å². The molecule has 17 heavy (non-hydrogen) atoms. The summed E-state index contributed by atoms with van der Waals surface area (Å²) in [6.45, 7) is 1.64. The van der Waals surface area contributed by atoms with Crippen molar-refractivity contribution >= 4 is 0 Å². The molecule has 2 aromatic rings. The van der Waals surface area contributed by atoms with Gasteiger partial charge in [0.1, 0.15) is 5.69 Å². The standard InChI is InChI=1S/C10H7F3N4/c1-6-4-15-16-5-7(6)9-8(10(11,12)13)2-3-14-17-9/h2-5H,1H3. The molecule has 0 N–H and O–H groups in total. The van der Waals surface area contributed by atoms with Crippen LogP contribution in [0.5, 0.6) is 0 Å². The Labute approximate surface area is 94.5 Å². The third-order valence-corrected chi connectivity index (χ3v) is 2.21. The van der Waals surface area contributed by atoms with E-state index in [9.17, 15) is 13.2 Å². The summed E-state index contributed by atoms with van der Waals surface area (Å²) < 4.78 is 38.3. The smallest absolute Gasteiger partial charge is 0.166 e. The van der Waals surface area contributed by atoms with Crippen LogP contribution in [0.3, 0.4) is 0 Å². The second kappa shape index (κ2) is 4.08. The number of nitrogens with zero attached hydrogens (tertiary/aromatic N) is 4. The molecular weight excluding hydrogens is 233 g/mol. The van der Waals surface area contributed by atoms with E-state index in [-0.39, 0.29) is 11.3 Å². The Morgan fingerprint density at radius 1 is 1.06 bits per heavy atom. The Balaban J connectivity index is 2.65. The van der Waals surface area contributed by atoms with Crippen LogP contribution in [0.1, 0.15) is 11.1 Å². The molecule has 0 aromatic carbocycles. The summed E-state index contributed by atoms with van der Waals surface area (Å²) in [5, 5.41) is 14.2. The number of rotatable bonds is 1. The van der Waals surface area contributed by atoms with Crippen LogP contribution in [0, 0.1) is 6.92 Å². The first-order valence-corrected chi connectivity index (χ1v) is 4.66. The van der Waals surface area contributed by atoms with E-state index in [1.807, 2.05) is 0 Å². The molecule has 0 aliphatic heterocycles. The normalized spacial score (nSPS) is 11.5. The van der Waals surface area contributed by atoms with Gasteiger partial charge in [-0.1, -0.05) is 0 Å². The lowest BCUT2D eigenvalue weighted by atomic mass is 10.1. The maximum absolute atomic E-state index is 12.8. The van der Waals surface area contributed by atoms with Gasteiger partial charge in [0.15, 0.2) is 0 Å². The molecule has 7 heteroatoms. The van der Waals surface area contributed by atoms with Gasteiger partial charge in [-0.25, -0.2) is 0 Å². The molecule has 4 nitrogen and oxygen atoms in total. The predicted molar refractivity (Wildman–Crippen MR) is 52.8 cm³/mol. The zero-order valence-corrected chi connectivity index (χ0v) is 8.73. The highest BCUT2D eigenvalue weighted by Gasteiger charge is 2.35. The van der Waals surface area contributed by atoms with Gasteiger partial charge < -0.3 is 0 Å². The van der Waals surface area contributed by atoms with Gasteiger partial charge in [0, 0.05) is 5.56 Å². The van der Waals surface area contributed by atoms with E-state index in [0.717, 1.165) is 12.3 Å². The molecule has 0 saturated carbocycles. The fraction of sp³-hybridized carbons (Fsp3) is 0.200. The van der Waals surface area contributed by atoms with Gasteiger partial charge in [-0.05, 0) is 18.6 Å². The van der Waals surface area contributed by atoms with E-state index in [2.05, 4.69) is 20.4 Å². The summed E-state index contributed by atoms with van der Waals surface area (Å²) in [5.41, 5.74) is -0.220. The second-order valence-corrected chi connectivity index (χ2v) is 3.38. The van der Waals surface area contributed by atoms with Gasteiger partial charge in [-0.2, -0.15) is 28.5 Å². The van der Waals surface area contributed by atoms with Crippen molar-refractivity contribution in [1.82, 2.24) is 20.4 Å². The Hall–Kier alpha value is -2.05. The third kappa shape index (κ3) is 2.22. The zero-order valence-electron chi connectivity index (χ0n) is 8.73. The van der Waals surface area contributed by atoms with E-state index < -0.39 is 11.7 Å². The number of aromatic nitrogens is 4. The van der Waals surface area contributed by atoms with E-state index in [1.165, 1.54) is 12.4 Å². The quantitative estimate of drug-likeness (QED) is 0.767. The van der Waals surface area contributed by atoms with Gasteiger partial charge in [0.2, 0.25) is 0 Å². The van der Waals surface area contributed by atoms with Crippen molar-refractivity contribution in [3.05, 3.63) is 35.8 Å². The molecule has 0 radical (unpaired) electrons.